The van der Waals surface area contributed by atoms with E-state index in [2.05, 4.69) is 118 Å². The van der Waals surface area contributed by atoms with Crippen LogP contribution in [0.15, 0.2) is 97.2 Å². The van der Waals surface area contributed by atoms with E-state index in [1.807, 2.05) is 0 Å². The molecule has 0 aliphatic carbocycles. The summed E-state index contributed by atoms with van der Waals surface area (Å²) in [5.41, 5.74) is 0. The Bertz CT molecular complexity index is 1430. The van der Waals surface area contributed by atoms with Crippen LogP contribution in [-0.2, 0) is 28.6 Å². The summed E-state index contributed by atoms with van der Waals surface area (Å²) in [6.07, 6.45) is 79.7. The molecular weight excluding hydrogens is 889 g/mol. The molecule has 0 aliphatic rings. The Hall–Kier alpha value is -3.67. The number of ether oxygens (including phenoxy) is 3. The minimum absolute atomic E-state index is 0.0920. The molecule has 0 fully saturated rings. The van der Waals surface area contributed by atoms with Crippen molar-refractivity contribution in [3.8, 4) is 0 Å². The quantitative estimate of drug-likeness (QED) is 0.0261. The minimum atomic E-state index is -0.799. The van der Waals surface area contributed by atoms with Gasteiger partial charge in [0, 0.05) is 19.3 Å². The first-order chi connectivity index (χ1) is 35.5. The Morgan fingerprint density at radius 1 is 0.292 bits per heavy atom. The first-order valence-electron chi connectivity index (χ1n) is 30.2. The summed E-state index contributed by atoms with van der Waals surface area (Å²) < 4.78 is 16.9. The van der Waals surface area contributed by atoms with Gasteiger partial charge in [-0.05, 0) is 103 Å². The maximum Gasteiger partial charge on any atom is 0.306 e. The Kier molecular flexibility index (Phi) is 56.8. The molecule has 0 aromatic rings. The Labute approximate surface area is 445 Å². The predicted octanol–water partition coefficient (Wildman–Crippen LogP) is 20.5. The summed E-state index contributed by atoms with van der Waals surface area (Å²) >= 11 is 0. The van der Waals surface area contributed by atoms with Gasteiger partial charge in [-0.3, -0.25) is 14.4 Å². The SMILES string of the molecule is CC/C=C\C/C=C\C/C=C\C/C=C\C/C=C\CCCCCC(=O)OCC(COC(=O)CCCCCCCCCCCCCCCCCC)OC(=O)CCCCCCCC/C=C\C/C=C\C/C=C\CCCCC. The van der Waals surface area contributed by atoms with Gasteiger partial charge in [0.05, 0.1) is 0 Å². The van der Waals surface area contributed by atoms with Crippen LogP contribution >= 0.6 is 0 Å². The molecule has 0 saturated heterocycles. The van der Waals surface area contributed by atoms with Crippen LogP contribution in [0.5, 0.6) is 0 Å². The molecule has 0 aromatic heterocycles. The minimum Gasteiger partial charge on any atom is -0.462 e. The van der Waals surface area contributed by atoms with Gasteiger partial charge in [0.2, 0.25) is 0 Å². The van der Waals surface area contributed by atoms with Crippen molar-refractivity contribution in [3.63, 3.8) is 0 Å². The molecule has 412 valence electrons. The average Bonchev–Trinajstić information content (AvgIpc) is 3.38. The Balaban J connectivity index is 4.47. The lowest BCUT2D eigenvalue weighted by molar-refractivity contribution is -0.167. The van der Waals surface area contributed by atoms with E-state index in [9.17, 15) is 14.4 Å². The van der Waals surface area contributed by atoms with Gasteiger partial charge in [-0.25, -0.2) is 0 Å². The van der Waals surface area contributed by atoms with Crippen molar-refractivity contribution in [2.24, 2.45) is 0 Å². The number of carbonyl (C=O) groups excluding carboxylic acids is 3. The Morgan fingerprint density at radius 3 is 0.889 bits per heavy atom. The monoisotopic (exact) mass is 1000 g/mol. The standard InChI is InChI=1S/C66H112O6/c1-4-7-10-13-16-19-22-25-28-31-33-35-38-41-44-47-50-53-56-59-65(68)71-62-63(61-70-64(67)58-55-52-49-46-43-40-37-30-27-24-21-18-15-12-9-6-3)72-66(69)60-57-54-51-48-45-42-39-36-34-32-29-26-23-20-17-14-11-8-5-2/h7,10,16-17,19-20,25-26,28-29,33-36,41,44,63H,4-6,8-9,11-15,18,21-24,27,30-32,37-40,42-43,45-62H2,1-3H3/b10-7-,19-16-,20-17-,28-25-,29-26-,35-33-,36-34-,44-41-. The van der Waals surface area contributed by atoms with Crippen LogP contribution in [0.1, 0.15) is 284 Å². The highest BCUT2D eigenvalue weighted by molar-refractivity contribution is 5.71. The smallest absolute Gasteiger partial charge is 0.306 e. The van der Waals surface area contributed by atoms with Gasteiger partial charge in [0.15, 0.2) is 6.10 Å². The van der Waals surface area contributed by atoms with Crippen LogP contribution in [0.25, 0.3) is 0 Å². The number of unbranched alkanes of at least 4 members (excludes halogenated alkanes) is 27. The molecule has 0 saturated carbocycles. The second-order valence-electron chi connectivity index (χ2n) is 19.9. The molecule has 0 bridgehead atoms. The van der Waals surface area contributed by atoms with E-state index >= 15 is 0 Å². The van der Waals surface area contributed by atoms with Gasteiger partial charge < -0.3 is 14.2 Å². The first-order valence-corrected chi connectivity index (χ1v) is 30.2. The first kappa shape index (κ1) is 68.3. The predicted molar refractivity (Wildman–Crippen MR) is 311 cm³/mol. The van der Waals surface area contributed by atoms with E-state index in [0.29, 0.717) is 19.3 Å². The van der Waals surface area contributed by atoms with Crippen LogP contribution in [0.2, 0.25) is 0 Å². The van der Waals surface area contributed by atoms with E-state index in [1.165, 1.54) is 122 Å². The van der Waals surface area contributed by atoms with E-state index in [4.69, 9.17) is 14.2 Å². The van der Waals surface area contributed by atoms with Crippen molar-refractivity contribution in [3.05, 3.63) is 97.2 Å². The van der Waals surface area contributed by atoms with Gasteiger partial charge >= 0.3 is 17.9 Å². The molecule has 6 heteroatoms. The van der Waals surface area contributed by atoms with Crippen molar-refractivity contribution < 1.29 is 28.6 Å². The molecule has 0 aliphatic heterocycles. The fraction of sp³-hybridized carbons (Fsp3) is 0.712. The van der Waals surface area contributed by atoms with Crippen LogP contribution in [0.4, 0.5) is 0 Å². The van der Waals surface area contributed by atoms with Crippen LogP contribution in [0, 0.1) is 0 Å². The zero-order valence-corrected chi connectivity index (χ0v) is 47.2. The Morgan fingerprint density at radius 2 is 0.542 bits per heavy atom. The summed E-state index contributed by atoms with van der Waals surface area (Å²) in [4.78, 5) is 38.3. The van der Waals surface area contributed by atoms with Gasteiger partial charge in [-0.2, -0.15) is 0 Å². The molecule has 0 aromatic carbocycles. The molecule has 0 rings (SSSR count). The number of esters is 3. The molecule has 0 heterocycles. The summed E-state index contributed by atoms with van der Waals surface area (Å²) in [5.74, 6) is -0.930. The molecule has 1 unspecified atom stereocenters. The number of rotatable bonds is 54. The number of hydrogen-bond donors (Lipinski definition) is 0. The van der Waals surface area contributed by atoms with Crippen molar-refractivity contribution in [1.29, 1.82) is 0 Å². The third kappa shape index (κ3) is 57.2. The van der Waals surface area contributed by atoms with Gasteiger partial charge in [0.1, 0.15) is 13.2 Å². The maximum atomic E-state index is 12.9. The average molecular weight is 1000 g/mol. The fourth-order valence-electron chi connectivity index (χ4n) is 8.30. The van der Waals surface area contributed by atoms with Crippen LogP contribution in [-0.4, -0.2) is 37.2 Å². The highest BCUT2D eigenvalue weighted by Crippen LogP contribution is 2.16. The van der Waals surface area contributed by atoms with E-state index in [1.54, 1.807) is 0 Å². The number of allylic oxidation sites excluding steroid dienone is 16. The lowest BCUT2D eigenvalue weighted by atomic mass is 10.0. The molecule has 0 N–H and O–H groups in total. The highest BCUT2D eigenvalue weighted by Gasteiger charge is 2.19. The molecular formula is C66H112O6. The largest absolute Gasteiger partial charge is 0.462 e. The second-order valence-corrected chi connectivity index (χ2v) is 19.9. The van der Waals surface area contributed by atoms with E-state index in [0.717, 1.165) is 122 Å². The van der Waals surface area contributed by atoms with E-state index < -0.39 is 6.10 Å². The van der Waals surface area contributed by atoms with Crippen molar-refractivity contribution in [1.82, 2.24) is 0 Å². The van der Waals surface area contributed by atoms with Gasteiger partial charge in [-0.1, -0.05) is 259 Å². The van der Waals surface area contributed by atoms with E-state index in [-0.39, 0.29) is 31.1 Å². The zero-order chi connectivity index (χ0) is 52.2. The van der Waals surface area contributed by atoms with Gasteiger partial charge in [0.25, 0.3) is 0 Å². The summed E-state index contributed by atoms with van der Waals surface area (Å²) in [7, 11) is 0. The molecule has 0 spiro atoms. The van der Waals surface area contributed by atoms with Crippen molar-refractivity contribution in [2.75, 3.05) is 13.2 Å². The lowest BCUT2D eigenvalue weighted by Gasteiger charge is -2.18. The third-order valence-electron chi connectivity index (χ3n) is 12.8. The summed E-state index contributed by atoms with van der Waals surface area (Å²) in [6.45, 7) is 6.48. The molecule has 6 nitrogen and oxygen atoms in total. The second kappa shape index (κ2) is 59.9. The fourth-order valence-corrected chi connectivity index (χ4v) is 8.30. The zero-order valence-electron chi connectivity index (χ0n) is 47.2. The third-order valence-corrected chi connectivity index (χ3v) is 12.8. The van der Waals surface area contributed by atoms with Crippen molar-refractivity contribution >= 4 is 17.9 Å². The summed E-state index contributed by atoms with van der Waals surface area (Å²) in [5, 5.41) is 0. The summed E-state index contributed by atoms with van der Waals surface area (Å²) in [6, 6.07) is 0. The molecule has 1 atom stereocenters. The van der Waals surface area contributed by atoms with Crippen LogP contribution < -0.4 is 0 Å². The van der Waals surface area contributed by atoms with Crippen LogP contribution in [0.3, 0.4) is 0 Å². The number of carbonyl (C=O) groups is 3. The topological polar surface area (TPSA) is 78.9 Å². The lowest BCUT2D eigenvalue weighted by Crippen LogP contribution is -2.30. The molecule has 72 heavy (non-hydrogen) atoms. The molecule has 0 amide bonds. The van der Waals surface area contributed by atoms with Gasteiger partial charge in [-0.15, -0.1) is 0 Å². The number of hydrogen-bond acceptors (Lipinski definition) is 6. The maximum absolute atomic E-state index is 12.9. The highest BCUT2D eigenvalue weighted by atomic mass is 16.6. The molecule has 0 radical (unpaired) electrons. The normalized spacial score (nSPS) is 12.8. The van der Waals surface area contributed by atoms with Crippen molar-refractivity contribution in [2.45, 2.75) is 290 Å².